The maximum atomic E-state index is 13.5. The van der Waals surface area contributed by atoms with Crippen molar-refractivity contribution < 1.29 is 18.4 Å². The van der Waals surface area contributed by atoms with Crippen LogP contribution in [0.2, 0.25) is 0 Å². The Bertz CT molecular complexity index is 878. The summed E-state index contributed by atoms with van der Waals surface area (Å²) in [6.45, 7) is 1.26. The molecule has 3 rings (SSSR count). The van der Waals surface area contributed by atoms with Crippen molar-refractivity contribution in [3.8, 4) is 0 Å². The van der Waals surface area contributed by atoms with Crippen LogP contribution in [0.4, 0.5) is 8.78 Å². The molecule has 1 saturated carbocycles. The summed E-state index contributed by atoms with van der Waals surface area (Å²) >= 11 is 3.36. The molecule has 0 bridgehead atoms. The van der Waals surface area contributed by atoms with E-state index < -0.39 is 36.2 Å². The minimum atomic E-state index is -3.41. The Hall–Kier alpha value is -2.16. The van der Waals surface area contributed by atoms with E-state index in [-0.39, 0.29) is 5.69 Å². The number of carbonyl (C=O) groups excluding carboxylic acids is 2. The highest BCUT2D eigenvalue weighted by Gasteiger charge is 2.40. The first-order valence-electron chi connectivity index (χ1n) is 8.71. The first-order valence-corrected chi connectivity index (χ1v) is 9.51. The van der Waals surface area contributed by atoms with Gasteiger partial charge in [-0.25, -0.2) is 4.98 Å². The molecule has 2 atom stereocenters. The Kier molecular flexibility index (Phi) is 5.69. The number of nitrogens with one attached hydrogen (secondary N) is 2. The Morgan fingerprint density at radius 2 is 1.93 bits per heavy atom. The van der Waals surface area contributed by atoms with E-state index in [9.17, 15) is 18.4 Å². The number of pyridine rings is 2. The standard InChI is InChI=1S/C18H19BrF2N4O2/c1-2-18(20,21)17(27)25-13-5-3-4-12(13)24-16(26)14-7-6-10-8-22-9-11(19)15(10)23-14/h6-9,12-13H,2-5H2,1H3,(H,24,26)(H,25,27)/t12-,13+/m0/s1. The van der Waals surface area contributed by atoms with Gasteiger partial charge in [0.1, 0.15) is 5.69 Å². The Morgan fingerprint density at radius 1 is 1.22 bits per heavy atom. The highest BCUT2D eigenvalue weighted by Crippen LogP contribution is 2.24. The fourth-order valence-corrected chi connectivity index (χ4v) is 3.55. The van der Waals surface area contributed by atoms with E-state index in [1.54, 1.807) is 24.5 Å². The Labute approximate surface area is 163 Å². The minimum Gasteiger partial charge on any atom is -0.346 e. The predicted molar refractivity (Wildman–Crippen MR) is 99.5 cm³/mol. The van der Waals surface area contributed by atoms with Gasteiger partial charge in [-0.3, -0.25) is 14.6 Å². The minimum absolute atomic E-state index is 0.213. The molecule has 9 heteroatoms. The second kappa shape index (κ2) is 7.84. The Morgan fingerprint density at radius 3 is 2.63 bits per heavy atom. The summed E-state index contributed by atoms with van der Waals surface area (Å²) in [6.07, 6.45) is 4.55. The average molecular weight is 441 g/mol. The van der Waals surface area contributed by atoms with Gasteiger partial charge in [-0.2, -0.15) is 8.78 Å². The van der Waals surface area contributed by atoms with Crippen LogP contribution in [0.15, 0.2) is 29.0 Å². The lowest BCUT2D eigenvalue weighted by Crippen LogP contribution is -2.52. The molecule has 1 aliphatic rings. The normalized spacial score (nSPS) is 19.9. The summed E-state index contributed by atoms with van der Waals surface area (Å²) in [6, 6.07) is 2.40. The van der Waals surface area contributed by atoms with Gasteiger partial charge in [-0.1, -0.05) is 6.92 Å². The molecule has 2 heterocycles. The van der Waals surface area contributed by atoms with Crippen LogP contribution < -0.4 is 10.6 Å². The molecule has 144 valence electrons. The molecule has 0 radical (unpaired) electrons. The van der Waals surface area contributed by atoms with Gasteiger partial charge >= 0.3 is 5.92 Å². The first-order chi connectivity index (χ1) is 12.8. The van der Waals surface area contributed by atoms with Gasteiger partial charge in [0, 0.05) is 36.3 Å². The van der Waals surface area contributed by atoms with E-state index in [4.69, 9.17) is 0 Å². The lowest BCUT2D eigenvalue weighted by Gasteiger charge is -2.24. The van der Waals surface area contributed by atoms with E-state index in [1.807, 2.05) is 0 Å². The maximum Gasteiger partial charge on any atom is 0.324 e. The SMILES string of the molecule is CCC(F)(F)C(=O)N[C@@H]1CCC[C@@H]1NC(=O)c1ccc2cncc(Br)c2n1. The molecule has 27 heavy (non-hydrogen) atoms. The quantitative estimate of drug-likeness (QED) is 0.747. The first kappa shape index (κ1) is 19.6. The summed E-state index contributed by atoms with van der Waals surface area (Å²) in [5.41, 5.74) is 0.821. The zero-order valence-corrected chi connectivity index (χ0v) is 16.2. The molecule has 0 saturated heterocycles. The van der Waals surface area contributed by atoms with Crippen molar-refractivity contribution in [2.45, 2.75) is 50.6 Å². The third-order valence-corrected chi connectivity index (χ3v) is 5.29. The average Bonchev–Trinajstić information content (AvgIpc) is 3.08. The van der Waals surface area contributed by atoms with Crippen LogP contribution >= 0.6 is 15.9 Å². The number of alkyl halides is 2. The number of carbonyl (C=O) groups is 2. The third kappa shape index (κ3) is 4.23. The molecule has 0 aliphatic heterocycles. The molecular formula is C18H19BrF2N4O2. The maximum absolute atomic E-state index is 13.5. The van der Waals surface area contributed by atoms with Gasteiger partial charge in [0.2, 0.25) is 0 Å². The topological polar surface area (TPSA) is 84.0 Å². The second-order valence-corrected chi connectivity index (χ2v) is 7.39. The molecule has 1 aliphatic carbocycles. The molecule has 1 fully saturated rings. The number of hydrogen-bond donors (Lipinski definition) is 2. The molecule has 2 aromatic rings. The molecule has 6 nitrogen and oxygen atoms in total. The van der Waals surface area contributed by atoms with Crippen molar-refractivity contribution in [1.82, 2.24) is 20.6 Å². The lowest BCUT2D eigenvalue weighted by molar-refractivity contribution is -0.146. The molecule has 2 aromatic heterocycles. The summed E-state index contributed by atoms with van der Waals surface area (Å²) < 4.78 is 27.7. The fourth-order valence-electron chi connectivity index (χ4n) is 3.12. The van der Waals surface area contributed by atoms with Crippen LogP contribution in [0.5, 0.6) is 0 Å². The van der Waals surface area contributed by atoms with E-state index in [0.717, 1.165) is 11.8 Å². The van der Waals surface area contributed by atoms with Crippen molar-refractivity contribution in [2.75, 3.05) is 0 Å². The molecule has 0 spiro atoms. The summed E-state index contributed by atoms with van der Waals surface area (Å²) in [5, 5.41) is 5.97. The molecule has 2 amide bonds. The fraction of sp³-hybridized carbons (Fsp3) is 0.444. The third-order valence-electron chi connectivity index (χ3n) is 4.71. The smallest absolute Gasteiger partial charge is 0.324 e. The van der Waals surface area contributed by atoms with Crippen molar-refractivity contribution >= 4 is 38.6 Å². The van der Waals surface area contributed by atoms with Gasteiger partial charge < -0.3 is 10.6 Å². The monoisotopic (exact) mass is 440 g/mol. The van der Waals surface area contributed by atoms with Gasteiger partial charge in [0.15, 0.2) is 0 Å². The van der Waals surface area contributed by atoms with Crippen molar-refractivity contribution in [2.24, 2.45) is 0 Å². The highest BCUT2D eigenvalue weighted by atomic mass is 79.9. The van der Waals surface area contributed by atoms with Crippen LogP contribution in [0, 0.1) is 0 Å². The number of aromatic nitrogens is 2. The number of fused-ring (bicyclic) bond motifs is 1. The van der Waals surface area contributed by atoms with E-state index in [1.165, 1.54) is 6.92 Å². The van der Waals surface area contributed by atoms with Crippen LogP contribution in [-0.2, 0) is 4.79 Å². The highest BCUT2D eigenvalue weighted by molar-refractivity contribution is 9.10. The van der Waals surface area contributed by atoms with Crippen molar-refractivity contribution in [3.63, 3.8) is 0 Å². The molecular weight excluding hydrogens is 422 g/mol. The predicted octanol–water partition coefficient (Wildman–Crippen LogP) is 3.20. The second-order valence-electron chi connectivity index (χ2n) is 6.54. The molecule has 0 aromatic carbocycles. The van der Waals surface area contributed by atoms with Crippen molar-refractivity contribution in [3.05, 3.63) is 34.7 Å². The van der Waals surface area contributed by atoms with E-state index in [2.05, 4.69) is 36.5 Å². The number of rotatable bonds is 5. The number of amides is 2. The summed E-state index contributed by atoms with van der Waals surface area (Å²) in [5.74, 6) is -5.11. The number of nitrogens with zero attached hydrogens (tertiary/aromatic N) is 2. The van der Waals surface area contributed by atoms with Gasteiger partial charge in [0.25, 0.3) is 11.8 Å². The van der Waals surface area contributed by atoms with Crippen LogP contribution in [0.1, 0.15) is 43.1 Å². The number of hydrogen-bond acceptors (Lipinski definition) is 4. The number of halogens is 3. The molecule has 0 unspecified atom stereocenters. The summed E-state index contributed by atoms with van der Waals surface area (Å²) in [7, 11) is 0. The lowest BCUT2D eigenvalue weighted by atomic mass is 10.1. The molecule has 2 N–H and O–H groups in total. The zero-order chi connectivity index (χ0) is 19.6. The van der Waals surface area contributed by atoms with Crippen molar-refractivity contribution in [1.29, 1.82) is 0 Å². The largest absolute Gasteiger partial charge is 0.346 e. The van der Waals surface area contributed by atoms with Crippen LogP contribution in [-0.4, -0.2) is 39.8 Å². The van der Waals surface area contributed by atoms with Crippen LogP contribution in [0.25, 0.3) is 10.9 Å². The van der Waals surface area contributed by atoms with Gasteiger partial charge in [-0.15, -0.1) is 0 Å². The van der Waals surface area contributed by atoms with Crippen LogP contribution in [0.3, 0.4) is 0 Å². The Balaban J connectivity index is 1.71. The van der Waals surface area contributed by atoms with E-state index >= 15 is 0 Å². The summed E-state index contributed by atoms with van der Waals surface area (Å²) in [4.78, 5) is 32.7. The van der Waals surface area contributed by atoms with Gasteiger partial charge in [-0.05, 0) is 47.3 Å². The van der Waals surface area contributed by atoms with E-state index in [0.29, 0.717) is 22.8 Å². The zero-order valence-electron chi connectivity index (χ0n) is 14.6. The van der Waals surface area contributed by atoms with Gasteiger partial charge in [0.05, 0.1) is 9.99 Å².